The average Bonchev–Trinajstić information content (AvgIpc) is 2.75. The van der Waals surface area contributed by atoms with Crippen LogP contribution in [0.25, 0.3) is 10.2 Å². The van der Waals surface area contributed by atoms with E-state index in [1.165, 1.54) is 4.88 Å². The van der Waals surface area contributed by atoms with E-state index in [0.717, 1.165) is 22.5 Å². The summed E-state index contributed by atoms with van der Waals surface area (Å²) in [6.45, 7) is 3.24. The quantitative estimate of drug-likeness (QED) is 0.783. The summed E-state index contributed by atoms with van der Waals surface area (Å²) in [7, 11) is -2.94. The molecule has 0 bridgehead atoms. The fourth-order valence-corrected chi connectivity index (χ4v) is 4.94. The molecule has 1 aliphatic rings. The van der Waals surface area contributed by atoms with Crippen molar-refractivity contribution in [2.45, 2.75) is 19.8 Å². The van der Waals surface area contributed by atoms with Gasteiger partial charge < -0.3 is 4.90 Å². The molecular formula is C13H16ClN3O2S2. The van der Waals surface area contributed by atoms with Crippen LogP contribution in [0.3, 0.4) is 0 Å². The van der Waals surface area contributed by atoms with Crippen LogP contribution in [0.4, 0.5) is 5.82 Å². The molecule has 0 spiro atoms. The standard InChI is InChI=1S/C13H16ClN3O2S2/c1-2-9-8-10-11(15-13(14)16-12(10)20-9)17-4-3-6-21(18,19)7-5-17/h8H,2-7H2,1H3. The molecule has 0 atom stereocenters. The highest BCUT2D eigenvalue weighted by Crippen LogP contribution is 2.32. The van der Waals surface area contributed by atoms with Crippen LogP contribution in [0.15, 0.2) is 6.07 Å². The number of hydrogen-bond acceptors (Lipinski definition) is 6. The summed E-state index contributed by atoms with van der Waals surface area (Å²) in [6.07, 6.45) is 1.56. The molecule has 3 rings (SSSR count). The molecule has 5 nitrogen and oxygen atoms in total. The van der Waals surface area contributed by atoms with Crippen LogP contribution in [-0.2, 0) is 16.3 Å². The van der Waals surface area contributed by atoms with Gasteiger partial charge in [0.2, 0.25) is 5.28 Å². The minimum absolute atomic E-state index is 0.168. The Morgan fingerprint density at radius 3 is 2.90 bits per heavy atom. The van der Waals surface area contributed by atoms with Gasteiger partial charge in [-0.3, -0.25) is 0 Å². The van der Waals surface area contributed by atoms with Crippen molar-refractivity contribution in [2.75, 3.05) is 29.5 Å². The molecule has 2 aromatic heterocycles. The minimum atomic E-state index is -2.94. The van der Waals surface area contributed by atoms with Crippen LogP contribution in [-0.4, -0.2) is 43.0 Å². The molecule has 0 saturated carbocycles. The van der Waals surface area contributed by atoms with Crippen LogP contribution in [0.2, 0.25) is 5.28 Å². The van der Waals surface area contributed by atoms with Crippen molar-refractivity contribution in [3.63, 3.8) is 0 Å². The van der Waals surface area contributed by atoms with Gasteiger partial charge in [0.05, 0.1) is 16.9 Å². The van der Waals surface area contributed by atoms with Gasteiger partial charge in [0.25, 0.3) is 0 Å². The third-order valence-electron chi connectivity index (χ3n) is 3.60. The number of hydrogen-bond donors (Lipinski definition) is 0. The highest BCUT2D eigenvalue weighted by atomic mass is 35.5. The Labute approximate surface area is 132 Å². The molecule has 1 fully saturated rings. The number of sulfone groups is 1. The lowest BCUT2D eigenvalue weighted by molar-refractivity contribution is 0.597. The van der Waals surface area contributed by atoms with E-state index >= 15 is 0 Å². The van der Waals surface area contributed by atoms with Crippen LogP contribution in [0.5, 0.6) is 0 Å². The van der Waals surface area contributed by atoms with E-state index < -0.39 is 9.84 Å². The van der Waals surface area contributed by atoms with E-state index in [0.29, 0.717) is 19.5 Å². The second-order valence-corrected chi connectivity index (χ2v) is 8.85. The topological polar surface area (TPSA) is 63.2 Å². The number of anilines is 1. The molecular weight excluding hydrogens is 330 g/mol. The highest BCUT2D eigenvalue weighted by Gasteiger charge is 2.22. The molecule has 0 unspecified atom stereocenters. The predicted octanol–water partition coefficient (Wildman–Crippen LogP) is 2.53. The summed E-state index contributed by atoms with van der Waals surface area (Å²) in [6, 6.07) is 2.09. The lowest BCUT2D eigenvalue weighted by Crippen LogP contribution is -2.27. The van der Waals surface area contributed by atoms with Crippen molar-refractivity contribution in [3.05, 3.63) is 16.2 Å². The van der Waals surface area contributed by atoms with Crippen LogP contribution >= 0.6 is 22.9 Å². The van der Waals surface area contributed by atoms with Crippen LogP contribution < -0.4 is 4.90 Å². The second kappa shape index (κ2) is 5.70. The Kier molecular flexibility index (Phi) is 4.07. The lowest BCUT2D eigenvalue weighted by atomic mass is 10.3. The predicted molar refractivity (Wildman–Crippen MR) is 87.3 cm³/mol. The maximum atomic E-state index is 11.7. The van der Waals surface area contributed by atoms with Crippen molar-refractivity contribution < 1.29 is 8.42 Å². The molecule has 1 saturated heterocycles. The van der Waals surface area contributed by atoms with E-state index in [2.05, 4.69) is 23.0 Å². The summed E-state index contributed by atoms with van der Waals surface area (Å²) < 4.78 is 23.5. The van der Waals surface area contributed by atoms with Crippen molar-refractivity contribution in [2.24, 2.45) is 0 Å². The number of nitrogens with zero attached hydrogens (tertiary/aromatic N) is 3. The fourth-order valence-electron chi connectivity index (χ4n) is 2.50. The first kappa shape index (κ1) is 15.0. The Morgan fingerprint density at radius 2 is 2.14 bits per heavy atom. The summed E-state index contributed by atoms with van der Waals surface area (Å²) in [4.78, 5) is 12.8. The number of rotatable bonds is 2. The minimum Gasteiger partial charge on any atom is -0.355 e. The zero-order valence-corrected chi connectivity index (χ0v) is 14.1. The van der Waals surface area contributed by atoms with Gasteiger partial charge in [-0.15, -0.1) is 11.3 Å². The van der Waals surface area contributed by atoms with Crippen molar-refractivity contribution in [1.82, 2.24) is 9.97 Å². The van der Waals surface area contributed by atoms with Gasteiger partial charge in [0, 0.05) is 18.0 Å². The molecule has 0 radical (unpaired) electrons. The van der Waals surface area contributed by atoms with Crippen molar-refractivity contribution in [1.29, 1.82) is 0 Å². The third-order valence-corrected chi connectivity index (χ3v) is 6.66. The molecule has 8 heteroatoms. The molecule has 0 aromatic carbocycles. The molecule has 114 valence electrons. The maximum absolute atomic E-state index is 11.7. The van der Waals surface area contributed by atoms with Gasteiger partial charge in [0.15, 0.2) is 9.84 Å². The Bertz CT molecular complexity index is 773. The summed E-state index contributed by atoms with van der Waals surface area (Å²) in [5, 5.41) is 1.19. The van der Waals surface area contributed by atoms with Gasteiger partial charge in [-0.1, -0.05) is 6.92 Å². The molecule has 1 aliphatic heterocycles. The Morgan fingerprint density at radius 1 is 1.33 bits per heavy atom. The van der Waals surface area contributed by atoms with Crippen LogP contribution in [0.1, 0.15) is 18.2 Å². The van der Waals surface area contributed by atoms with E-state index in [9.17, 15) is 8.42 Å². The summed E-state index contributed by atoms with van der Waals surface area (Å²) in [5.41, 5.74) is 0. The number of aromatic nitrogens is 2. The monoisotopic (exact) mass is 345 g/mol. The molecule has 0 aliphatic carbocycles. The number of fused-ring (bicyclic) bond motifs is 1. The van der Waals surface area contributed by atoms with Crippen molar-refractivity contribution >= 4 is 48.8 Å². The average molecular weight is 346 g/mol. The van der Waals surface area contributed by atoms with Gasteiger partial charge in [-0.25, -0.2) is 13.4 Å². The summed E-state index contributed by atoms with van der Waals surface area (Å²) >= 11 is 7.65. The first-order valence-electron chi connectivity index (χ1n) is 6.90. The van der Waals surface area contributed by atoms with Crippen LogP contribution in [0, 0.1) is 0 Å². The highest BCUT2D eigenvalue weighted by molar-refractivity contribution is 7.91. The lowest BCUT2D eigenvalue weighted by Gasteiger charge is -2.21. The van der Waals surface area contributed by atoms with Gasteiger partial charge in [-0.2, -0.15) is 4.98 Å². The van der Waals surface area contributed by atoms with Gasteiger partial charge in [0.1, 0.15) is 10.6 Å². The van der Waals surface area contributed by atoms with Gasteiger partial charge in [-0.05, 0) is 30.5 Å². The zero-order valence-electron chi connectivity index (χ0n) is 11.7. The normalized spacial score (nSPS) is 18.9. The third kappa shape index (κ3) is 3.14. The Hall–Kier alpha value is -0.920. The first-order chi connectivity index (χ1) is 9.98. The van der Waals surface area contributed by atoms with E-state index in [-0.39, 0.29) is 16.8 Å². The second-order valence-electron chi connectivity index (χ2n) is 5.09. The van der Waals surface area contributed by atoms with E-state index in [1.807, 2.05) is 4.90 Å². The maximum Gasteiger partial charge on any atom is 0.225 e. The van der Waals surface area contributed by atoms with Gasteiger partial charge >= 0.3 is 0 Å². The Balaban J connectivity index is 2.04. The molecule has 3 heterocycles. The molecule has 0 N–H and O–H groups in total. The largest absolute Gasteiger partial charge is 0.355 e. The van der Waals surface area contributed by atoms with E-state index in [4.69, 9.17) is 11.6 Å². The molecule has 2 aromatic rings. The van der Waals surface area contributed by atoms with E-state index in [1.54, 1.807) is 11.3 Å². The molecule has 21 heavy (non-hydrogen) atoms. The number of aryl methyl sites for hydroxylation is 1. The summed E-state index contributed by atoms with van der Waals surface area (Å²) in [5.74, 6) is 1.17. The fraction of sp³-hybridized carbons (Fsp3) is 0.538. The number of halogens is 1. The SMILES string of the molecule is CCc1cc2c(N3CCCS(=O)(=O)CC3)nc(Cl)nc2s1. The zero-order chi connectivity index (χ0) is 15.0. The molecule has 0 amide bonds. The number of thiophene rings is 1. The first-order valence-corrected chi connectivity index (χ1v) is 9.91. The smallest absolute Gasteiger partial charge is 0.225 e. The van der Waals surface area contributed by atoms with Crippen molar-refractivity contribution in [3.8, 4) is 0 Å².